The Labute approximate surface area is 174 Å². The van der Waals surface area contributed by atoms with E-state index in [0.29, 0.717) is 37.3 Å². The second kappa shape index (κ2) is 9.13. The van der Waals surface area contributed by atoms with Gasteiger partial charge in [-0.1, -0.05) is 6.07 Å². The zero-order chi connectivity index (χ0) is 21.7. The molecular weight excluding hydrogens is 388 g/mol. The quantitative estimate of drug-likeness (QED) is 0.472. The largest absolute Gasteiger partial charge is 0.404 e. The second-order valence-corrected chi connectivity index (χ2v) is 7.51. The van der Waals surface area contributed by atoms with E-state index in [0.717, 1.165) is 29.2 Å². The molecular formula is C22H25F2N5O. The topological polar surface area (TPSA) is 94.6 Å². The molecule has 0 spiro atoms. The molecule has 8 heteroatoms. The van der Waals surface area contributed by atoms with Gasteiger partial charge < -0.3 is 16.5 Å². The van der Waals surface area contributed by atoms with Gasteiger partial charge in [-0.05, 0) is 46.9 Å². The number of allylic oxidation sites excluding steroid dienone is 3. The fourth-order valence-corrected chi connectivity index (χ4v) is 3.65. The highest BCUT2D eigenvalue weighted by atomic mass is 19.3. The monoisotopic (exact) mass is 413 g/mol. The van der Waals surface area contributed by atoms with Crippen molar-refractivity contribution < 1.29 is 13.6 Å². The number of carbonyl (C=O) groups excluding carboxylic acids is 1. The minimum Gasteiger partial charge on any atom is -0.404 e. The lowest BCUT2D eigenvalue weighted by molar-refractivity contribution is -0.111. The van der Waals surface area contributed by atoms with Crippen molar-refractivity contribution in [1.82, 2.24) is 4.90 Å². The van der Waals surface area contributed by atoms with Crippen LogP contribution in [-0.2, 0) is 17.9 Å². The van der Waals surface area contributed by atoms with Gasteiger partial charge in [-0.2, -0.15) is 0 Å². The van der Waals surface area contributed by atoms with Crippen LogP contribution in [0.4, 0.5) is 14.5 Å². The molecule has 2 aliphatic heterocycles. The van der Waals surface area contributed by atoms with E-state index in [1.165, 1.54) is 18.5 Å². The summed E-state index contributed by atoms with van der Waals surface area (Å²) >= 11 is 0. The first-order valence-electron chi connectivity index (χ1n) is 9.66. The number of nitrogens with two attached hydrogens (primary N) is 1. The van der Waals surface area contributed by atoms with E-state index in [1.54, 1.807) is 23.3 Å². The predicted octanol–water partition coefficient (Wildman–Crippen LogP) is 3.42. The number of hydrogen-bond donors (Lipinski definition) is 3. The lowest BCUT2D eigenvalue weighted by Gasteiger charge is -2.19. The minimum atomic E-state index is -2.74. The third-order valence-electron chi connectivity index (χ3n) is 4.93. The molecule has 0 saturated heterocycles. The van der Waals surface area contributed by atoms with Gasteiger partial charge in [-0.25, -0.2) is 8.78 Å². The van der Waals surface area contributed by atoms with Crippen molar-refractivity contribution in [2.75, 3.05) is 18.4 Å². The number of dihydropyridines is 1. The standard InChI is InChI=1S/C22H25F2N5O/c1-22(23,24)14-29-12-16-2-4-19(8-17(16)13-29)28-21(30)5-3-15-11-27-7-6-20(15)18(9-25)10-26/h2-5,8-11,25H,6-7,12-14,26H2,1H3,(H,28,30)/b5-3+,18-10+,25-9?. The number of hydrogen-bond acceptors (Lipinski definition) is 5. The number of aliphatic imine (C=N–C) groups is 1. The Morgan fingerprint density at radius 3 is 2.83 bits per heavy atom. The molecule has 1 aromatic carbocycles. The zero-order valence-corrected chi connectivity index (χ0v) is 16.8. The molecule has 0 saturated carbocycles. The Morgan fingerprint density at radius 2 is 2.13 bits per heavy atom. The van der Waals surface area contributed by atoms with Crippen LogP contribution in [0.2, 0.25) is 0 Å². The van der Waals surface area contributed by atoms with Crippen molar-refractivity contribution in [3.8, 4) is 0 Å². The SMILES string of the molecule is CC(F)(F)CN1Cc2ccc(NC(=O)/C=C/C3=C(C(/C=N)=C/N)CCN=C3)cc2C1. The Balaban J connectivity index is 1.67. The van der Waals surface area contributed by atoms with Gasteiger partial charge in [0.25, 0.3) is 5.92 Å². The molecule has 158 valence electrons. The molecule has 2 heterocycles. The van der Waals surface area contributed by atoms with E-state index in [4.69, 9.17) is 11.1 Å². The molecule has 0 radical (unpaired) electrons. The second-order valence-electron chi connectivity index (χ2n) is 7.51. The summed E-state index contributed by atoms with van der Waals surface area (Å²) in [6, 6.07) is 5.46. The average molecular weight is 413 g/mol. The minimum absolute atomic E-state index is 0.292. The van der Waals surface area contributed by atoms with Gasteiger partial charge in [-0.3, -0.25) is 14.7 Å². The summed E-state index contributed by atoms with van der Waals surface area (Å²) in [5.41, 5.74) is 10.3. The number of amides is 1. The maximum absolute atomic E-state index is 13.3. The Morgan fingerprint density at radius 1 is 1.37 bits per heavy atom. The van der Waals surface area contributed by atoms with Crippen LogP contribution in [-0.4, -0.2) is 42.2 Å². The lowest BCUT2D eigenvalue weighted by atomic mass is 9.96. The summed E-state index contributed by atoms with van der Waals surface area (Å²) in [6.45, 7) is 2.15. The van der Waals surface area contributed by atoms with Crippen LogP contribution in [0.1, 0.15) is 24.5 Å². The number of rotatable bonds is 7. The summed E-state index contributed by atoms with van der Waals surface area (Å²) in [7, 11) is 0. The molecule has 0 atom stereocenters. The van der Waals surface area contributed by atoms with E-state index in [1.807, 2.05) is 12.1 Å². The maximum Gasteiger partial charge on any atom is 0.257 e. The highest BCUT2D eigenvalue weighted by Crippen LogP contribution is 2.28. The molecule has 3 rings (SSSR count). The van der Waals surface area contributed by atoms with Gasteiger partial charge in [-0.15, -0.1) is 0 Å². The van der Waals surface area contributed by atoms with Gasteiger partial charge in [0.15, 0.2) is 0 Å². The summed E-state index contributed by atoms with van der Waals surface area (Å²) in [4.78, 5) is 18.3. The number of carbonyl (C=O) groups is 1. The molecule has 0 aliphatic carbocycles. The highest BCUT2D eigenvalue weighted by Gasteiger charge is 2.29. The van der Waals surface area contributed by atoms with E-state index in [-0.39, 0.29) is 12.5 Å². The van der Waals surface area contributed by atoms with Crippen molar-refractivity contribution in [3.05, 3.63) is 64.4 Å². The van der Waals surface area contributed by atoms with Gasteiger partial charge in [0.2, 0.25) is 5.91 Å². The van der Waals surface area contributed by atoms with Crippen LogP contribution in [0.5, 0.6) is 0 Å². The molecule has 0 aromatic heterocycles. The van der Waals surface area contributed by atoms with E-state index in [9.17, 15) is 13.6 Å². The van der Waals surface area contributed by atoms with Crippen molar-refractivity contribution in [2.24, 2.45) is 10.7 Å². The Hall–Kier alpha value is -3.13. The van der Waals surface area contributed by atoms with Crippen LogP contribution in [0, 0.1) is 5.41 Å². The summed E-state index contributed by atoms with van der Waals surface area (Å²) < 4.78 is 26.5. The molecule has 1 amide bonds. The molecule has 0 bridgehead atoms. The number of alkyl halides is 2. The summed E-state index contributed by atoms with van der Waals surface area (Å²) in [5, 5.41) is 10.3. The third-order valence-corrected chi connectivity index (χ3v) is 4.93. The van der Waals surface area contributed by atoms with Crippen LogP contribution >= 0.6 is 0 Å². The predicted molar refractivity (Wildman–Crippen MR) is 115 cm³/mol. The van der Waals surface area contributed by atoms with Crippen molar-refractivity contribution in [1.29, 1.82) is 5.41 Å². The Bertz CT molecular complexity index is 957. The molecule has 6 nitrogen and oxygen atoms in total. The van der Waals surface area contributed by atoms with Crippen molar-refractivity contribution in [3.63, 3.8) is 0 Å². The smallest absolute Gasteiger partial charge is 0.257 e. The molecule has 30 heavy (non-hydrogen) atoms. The molecule has 4 N–H and O–H groups in total. The van der Waals surface area contributed by atoms with E-state index < -0.39 is 5.92 Å². The number of nitrogens with one attached hydrogen (secondary N) is 2. The van der Waals surface area contributed by atoms with Gasteiger partial charge in [0.1, 0.15) is 0 Å². The van der Waals surface area contributed by atoms with Crippen LogP contribution < -0.4 is 11.1 Å². The number of benzene rings is 1. The Kier molecular flexibility index (Phi) is 6.56. The molecule has 0 fully saturated rings. The highest BCUT2D eigenvalue weighted by molar-refractivity contribution is 6.01. The first kappa shape index (κ1) is 21.6. The summed E-state index contributed by atoms with van der Waals surface area (Å²) in [6.07, 6.45) is 7.93. The van der Waals surface area contributed by atoms with Gasteiger partial charge >= 0.3 is 0 Å². The lowest BCUT2D eigenvalue weighted by Crippen LogP contribution is -2.30. The average Bonchev–Trinajstić information content (AvgIpc) is 3.07. The zero-order valence-electron chi connectivity index (χ0n) is 16.8. The van der Waals surface area contributed by atoms with Gasteiger partial charge in [0.05, 0.1) is 6.54 Å². The molecule has 0 unspecified atom stereocenters. The van der Waals surface area contributed by atoms with Crippen molar-refractivity contribution in [2.45, 2.75) is 32.4 Å². The number of anilines is 1. The van der Waals surface area contributed by atoms with E-state index in [2.05, 4.69) is 10.3 Å². The third kappa shape index (κ3) is 5.48. The van der Waals surface area contributed by atoms with E-state index >= 15 is 0 Å². The van der Waals surface area contributed by atoms with Crippen LogP contribution in [0.25, 0.3) is 0 Å². The van der Waals surface area contributed by atoms with Crippen molar-refractivity contribution >= 4 is 24.0 Å². The van der Waals surface area contributed by atoms with Crippen LogP contribution in [0.3, 0.4) is 0 Å². The summed E-state index contributed by atoms with van der Waals surface area (Å²) in [5.74, 6) is -3.06. The molecule has 1 aromatic rings. The first-order valence-corrected chi connectivity index (χ1v) is 9.66. The number of fused-ring (bicyclic) bond motifs is 1. The normalized spacial score (nSPS) is 17.5. The maximum atomic E-state index is 13.3. The fraction of sp³-hybridized carbons (Fsp3) is 0.318. The number of halogens is 2. The molecule has 2 aliphatic rings. The fourth-order valence-electron chi connectivity index (χ4n) is 3.65. The van der Waals surface area contributed by atoms with Gasteiger partial charge in [0, 0.05) is 62.5 Å². The van der Waals surface area contributed by atoms with Crippen LogP contribution in [0.15, 0.2) is 58.3 Å². The number of nitrogens with zero attached hydrogens (tertiary/aromatic N) is 2. The first-order chi connectivity index (χ1) is 14.3.